The SMILES string of the molecule is c1ccc(-c2ccccc2N(c2cccc(-c3cccc(-n4c5ccccc5c5ccccc54)c3)c2)c2cccc3c2oc2ccccc23)cc1. The summed E-state index contributed by atoms with van der Waals surface area (Å²) in [7, 11) is 0. The fourth-order valence-corrected chi connectivity index (χ4v) is 7.70. The molecule has 0 radical (unpaired) electrons. The Labute approximate surface area is 295 Å². The third-order valence-electron chi connectivity index (χ3n) is 9.98. The van der Waals surface area contributed by atoms with Gasteiger partial charge in [-0.25, -0.2) is 0 Å². The van der Waals surface area contributed by atoms with E-state index in [1.807, 2.05) is 12.1 Å². The molecule has 51 heavy (non-hydrogen) atoms. The quantitative estimate of drug-likeness (QED) is 0.178. The number of furan rings is 1. The first-order chi connectivity index (χ1) is 25.3. The highest BCUT2D eigenvalue weighted by Gasteiger charge is 2.22. The highest BCUT2D eigenvalue weighted by Crippen LogP contribution is 2.46. The average molecular weight is 653 g/mol. The fraction of sp³-hybridized carbons (Fsp3) is 0. The molecule has 0 saturated heterocycles. The maximum absolute atomic E-state index is 6.65. The predicted molar refractivity (Wildman–Crippen MR) is 214 cm³/mol. The molecule has 2 aromatic heterocycles. The highest BCUT2D eigenvalue weighted by atomic mass is 16.3. The summed E-state index contributed by atoms with van der Waals surface area (Å²) in [6.45, 7) is 0. The first kappa shape index (κ1) is 29.1. The van der Waals surface area contributed by atoms with Crippen LogP contribution in [0.5, 0.6) is 0 Å². The van der Waals surface area contributed by atoms with Crippen molar-refractivity contribution in [1.29, 1.82) is 0 Å². The van der Waals surface area contributed by atoms with E-state index in [1.54, 1.807) is 0 Å². The number of benzene rings is 8. The van der Waals surface area contributed by atoms with Crippen molar-refractivity contribution in [2.75, 3.05) is 4.90 Å². The lowest BCUT2D eigenvalue weighted by Crippen LogP contribution is -2.11. The molecule has 3 nitrogen and oxygen atoms in total. The Bertz CT molecular complexity index is 2830. The first-order valence-electron chi connectivity index (χ1n) is 17.4. The molecule has 0 atom stereocenters. The summed E-state index contributed by atoms with van der Waals surface area (Å²) >= 11 is 0. The highest BCUT2D eigenvalue weighted by molar-refractivity contribution is 6.11. The van der Waals surface area contributed by atoms with Gasteiger partial charge >= 0.3 is 0 Å². The van der Waals surface area contributed by atoms with Crippen LogP contribution in [0.4, 0.5) is 17.1 Å². The van der Waals surface area contributed by atoms with Crippen molar-refractivity contribution in [1.82, 2.24) is 4.57 Å². The van der Waals surface area contributed by atoms with Crippen LogP contribution >= 0.6 is 0 Å². The van der Waals surface area contributed by atoms with Crippen LogP contribution in [-0.2, 0) is 0 Å². The van der Waals surface area contributed by atoms with E-state index < -0.39 is 0 Å². The minimum Gasteiger partial charge on any atom is -0.454 e. The maximum atomic E-state index is 6.65. The topological polar surface area (TPSA) is 21.3 Å². The van der Waals surface area contributed by atoms with E-state index in [0.29, 0.717) is 0 Å². The second-order valence-electron chi connectivity index (χ2n) is 12.9. The van der Waals surface area contributed by atoms with Crippen LogP contribution in [0.3, 0.4) is 0 Å². The van der Waals surface area contributed by atoms with Crippen LogP contribution in [0.25, 0.3) is 71.7 Å². The molecule has 3 heteroatoms. The van der Waals surface area contributed by atoms with Crippen LogP contribution in [0.2, 0.25) is 0 Å². The molecular formula is C48H32N2O. The van der Waals surface area contributed by atoms with Crippen molar-refractivity contribution in [2.45, 2.75) is 0 Å². The number of nitrogens with zero attached hydrogens (tertiary/aromatic N) is 2. The third-order valence-corrected chi connectivity index (χ3v) is 9.98. The van der Waals surface area contributed by atoms with Gasteiger partial charge in [0.25, 0.3) is 0 Å². The number of anilines is 3. The summed E-state index contributed by atoms with van der Waals surface area (Å²) in [6, 6.07) is 69.1. The molecule has 0 fully saturated rings. The van der Waals surface area contributed by atoms with Gasteiger partial charge in [0.1, 0.15) is 5.58 Å². The first-order valence-corrected chi connectivity index (χ1v) is 17.4. The van der Waals surface area contributed by atoms with Crippen LogP contribution in [0, 0.1) is 0 Å². The summed E-state index contributed by atoms with van der Waals surface area (Å²) in [4.78, 5) is 2.35. The molecule has 0 aliphatic carbocycles. The van der Waals surface area contributed by atoms with E-state index >= 15 is 0 Å². The lowest BCUT2D eigenvalue weighted by molar-refractivity contribution is 0.669. The largest absolute Gasteiger partial charge is 0.454 e. The van der Waals surface area contributed by atoms with Crippen molar-refractivity contribution in [3.05, 3.63) is 194 Å². The molecular weight excluding hydrogens is 621 g/mol. The Morgan fingerprint density at radius 1 is 0.392 bits per heavy atom. The molecule has 2 heterocycles. The molecule has 0 amide bonds. The molecule has 0 saturated carbocycles. The summed E-state index contributed by atoms with van der Waals surface area (Å²) < 4.78 is 9.03. The van der Waals surface area contributed by atoms with Crippen LogP contribution in [-0.4, -0.2) is 4.57 Å². The van der Waals surface area contributed by atoms with Gasteiger partial charge in [-0.2, -0.15) is 0 Å². The molecule has 0 aliphatic heterocycles. The van der Waals surface area contributed by atoms with Gasteiger partial charge in [0.05, 0.1) is 22.4 Å². The minimum absolute atomic E-state index is 0.861. The number of hydrogen-bond acceptors (Lipinski definition) is 2. The summed E-state index contributed by atoms with van der Waals surface area (Å²) in [5, 5.41) is 4.72. The van der Waals surface area contributed by atoms with E-state index in [1.165, 1.54) is 21.8 Å². The van der Waals surface area contributed by atoms with Gasteiger partial charge in [0.15, 0.2) is 5.58 Å². The Morgan fingerprint density at radius 2 is 0.961 bits per heavy atom. The van der Waals surface area contributed by atoms with Crippen LogP contribution in [0.1, 0.15) is 0 Å². The monoisotopic (exact) mass is 652 g/mol. The van der Waals surface area contributed by atoms with E-state index in [9.17, 15) is 0 Å². The Kier molecular flexibility index (Phi) is 6.81. The summed E-state index contributed by atoms with van der Waals surface area (Å²) in [6.07, 6.45) is 0. The summed E-state index contributed by atoms with van der Waals surface area (Å²) in [5.74, 6) is 0. The van der Waals surface area contributed by atoms with E-state index in [2.05, 4.69) is 191 Å². The Balaban J connectivity index is 1.17. The molecule has 0 N–H and O–H groups in total. The molecule has 0 aliphatic rings. The number of rotatable bonds is 6. The van der Waals surface area contributed by atoms with Gasteiger partial charge in [-0.15, -0.1) is 0 Å². The Hall–Kier alpha value is -6.84. The number of hydrogen-bond donors (Lipinski definition) is 0. The van der Waals surface area contributed by atoms with Gasteiger partial charge in [-0.3, -0.25) is 0 Å². The molecule has 0 spiro atoms. The van der Waals surface area contributed by atoms with E-state index in [-0.39, 0.29) is 0 Å². The maximum Gasteiger partial charge on any atom is 0.159 e. The normalized spacial score (nSPS) is 11.5. The lowest BCUT2D eigenvalue weighted by atomic mass is 10.00. The Morgan fingerprint density at radius 3 is 1.76 bits per heavy atom. The van der Waals surface area contributed by atoms with Gasteiger partial charge in [0, 0.05) is 38.5 Å². The van der Waals surface area contributed by atoms with Gasteiger partial charge in [-0.05, 0) is 71.3 Å². The number of para-hydroxylation sites is 5. The average Bonchev–Trinajstić information content (AvgIpc) is 3.75. The molecule has 10 rings (SSSR count). The zero-order valence-electron chi connectivity index (χ0n) is 27.8. The van der Waals surface area contributed by atoms with E-state index in [0.717, 1.165) is 66.9 Å². The molecule has 8 aromatic carbocycles. The molecule has 0 unspecified atom stereocenters. The smallest absolute Gasteiger partial charge is 0.159 e. The van der Waals surface area contributed by atoms with Crippen LogP contribution in [0.15, 0.2) is 199 Å². The second kappa shape index (κ2) is 11.9. The van der Waals surface area contributed by atoms with Crippen molar-refractivity contribution in [3.8, 4) is 27.9 Å². The molecule has 240 valence electrons. The van der Waals surface area contributed by atoms with Crippen LogP contribution < -0.4 is 4.90 Å². The summed E-state index contributed by atoms with van der Waals surface area (Å²) in [5.41, 5.74) is 13.0. The third kappa shape index (κ3) is 4.82. The van der Waals surface area contributed by atoms with Crippen molar-refractivity contribution in [3.63, 3.8) is 0 Å². The fourth-order valence-electron chi connectivity index (χ4n) is 7.70. The van der Waals surface area contributed by atoms with E-state index in [4.69, 9.17) is 4.42 Å². The minimum atomic E-state index is 0.861. The molecule has 0 bridgehead atoms. The van der Waals surface area contributed by atoms with Crippen molar-refractivity contribution in [2.24, 2.45) is 0 Å². The second-order valence-corrected chi connectivity index (χ2v) is 12.9. The van der Waals surface area contributed by atoms with Gasteiger partial charge in [0.2, 0.25) is 0 Å². The lowest BCUT2D eigenvalue weighted by Gasteiger charge is -2.28. The van der Waals surface area contributed by atoms with Gasteiger partial charge < -0.3 is 13.9 Å². The van der Waals surface area contributed by atoms with Gasteiger partial charge in [-0.1, -0.05) is 140 Å². The zero-order chi connectivity index (χ0) is 33.7. The molecule has 10 aromatic rings. The van der Waals surface area contributed by atoms with Crippen molar-refractivity contribution < 1.29 is 4.42 Å². The number of aromatic nitrogens is 1. The number of fused-ring (bicyclic) bond motifs is 6. The zero-order valence-corrected chi connectivity index (χ0v) is 27.8. The standard InChI is InChI=1S/C48H32N2O/c1-2-15-33(16-3-1)38-21-4-8-26-43(38)50(46-29-14-25-42-41-24-7-11-30-47(41)51-48(42)46)37-20-13-18-35(32-37)34-17-12-19-36(31-34)49-44-27-9-5-22-39(44)40-23-6-10-28-45(40)49/h1-32H. The van der Waals surface area contributed by atoms with Crippen molar-refractivity contribution >= 4 is 60.8 Å². The predicted octanol–water partition coefficient (Wildman–Crippen LogP) is 13.5.